The molecule has 18 heavy (non-hydrogen) atoms. The van der Waals surface area contributed by atoms with Gasteiger partial charge in [0.25, 0.3) is 0 Å². The van der Waals surface area contributed by atoms with Gasteiger partial charge in [0.2, 0.25) is 0 Å². The zero-order chi connectivity index (χ0) is 13.7. The molecule has 0 bridgehead atoms. The third-order valence-electron chi connectivity index (χ3n) is 2.69. The molecular formula is C13H18BrNO3. The van der Waals surface area contributed by atoms with Crippen molar-refractivity contribution in [2.24, 2.45) is 5.92 Å². The van der Waals surface area contributed by atoms with Crippen LogP contribution in [-0.2, 0) is 11.3 Å². The zero-order valence-corrected chi connectivity index (χ0v) is 12.3. The number of ether oxygens (including phenoxy) is 1. The van der Waals surface area contributed by atoms with Gasteiger partial charge in [-0.2, -0.15) is 0 Å². The summed E-state index contributed by atoms with van der Waals surface area (Å²) < 4.78 is 6.19. The summed E-state index contributed by atoms with van der Waals surface area (Å²) in [6, 6.07) is 5.13. The fourth-order valence-corrected chi connectivity index (χ4v) is 2.03. The highest BCUT2D eigenvalue weighted by molar-refractivity contribution is 9.10. The van der Waals surface area contributed by atoms with Gasteiger partial charge >= 0.3 is 5.97 Å². The number of nitrogens with one attached hydrogen (secondary N) is 1. The topological polar surface area (TPSA) is 58.6 Å². The molecule has 0 aliphatic rings. The Morgan fingerprint density at radius 3 is 2.67 bits per heavy atom. The lowest BCUT2D eigenvalue weighted by Gasteiger charge is -2.18. The summed E-state index contributed by atoms with van der Waals surface area (Å²) in [4.78, 5) is 11.1. The zero-order valence-electron chi connectivity index (χ0n) is 10.7. The van der Waals surface area contributed by atoms with E-state index in [1.54, 1.807) is 7.11 Å². The Kier molecular flexibility index (Phi) is 5.62. The van der Waals surface area contributed by atoms with Gasteiger partial charge in [0, 0.05) is 16.6 Å². The van der Waals surface area contributed by atoms with Crippen molar-refractivity contribution < 1.29 is 14.6 Å². The molecule has 1 aromatic carbocycles. The average Bonchev–Trinajstić information content (AvgIpc) is 2.30. The highest BCUT2D eigenvalue weighted by Crippen LogP contribution is 2.23. The quantitative estimate of drug-likeness (QED) is 0.847. The van der Waals surface area contributed by atoms with Crippen molar-refractivity contribution in [3.8, 4) is 5.75 Å². The van der Waals surface area contributed by atoms with E-state index in [1.165, 1.54) is 0 Å². The highest BCUT2D eigenvalue weighted by atomic mass is 79.9. The number of rotatable bonds is 6. The molecule has 1 unspecified atom stereocenters. The van der Waals surface area contributed by atoms with E-state index in [0.29, 0.717) is 6.54 Å². The third kappa shape index (κ3) is 3.99. The van der Waals surface area contributed by atoms with Crippen molar-refractivity contribution in [3.63, 3.8) is 0 Å². The highest BCUT2D eigenvalue weighted by Gasteiger charge is 2.20. The minimum absolute atomic E-state index is 0.0314. The lowest BCUT2D eigenvalue weighted by molar-refractivity contribution is -0.140. The summed E-state index contributed by atoms with van der Waals surface area (Å²) in [5.74, 6) is -0.0604. The smallest absolute Gasteiger partial charge is 0.320 e. The number of carboxylic acid groups (broad SMARTS) is 1. The van der Waals surface area contributed by atoms with Gasteiger partial charge in [-0.05, 0) is 18.1 Å². The molecule has 0 aliphatic heterocycles. The molecule has 1 rings (SSSR count). The molecule has 0 heterocycles. The maximum absolute atomic E-state index is 11.1. The summed E-state index contributed by atoms with van der Waals surface area (Å²) in [6.07, 6.45) is 0. The second-order valence-corrected chi connectivity index (χ2v) is 5.31. The van der Waals surface area contributed by atoms with Gasteiger partial charge in [-0.25, -0.2) is 0 Å². The number of hydrogen-bond donors (Lipinski definition) is 2. The van der Waals surface area contributed by atoms with E-state index in [9.17, 15) is 4.79 Å². The van der Waals surface area contributed by atoms with E-state index >= 15 is 0 Å². The summed E-state index contributed by atoms with van der Waals surface area (Å²) in [5, 5.41) is 12.1. The molecule has 5 heteroatoms. The van der Waals surface area contributed by atoms with E-state index in [1.807, 2.05) is 32.0 Å². The van der Waals surface area contributed by atoms with Gasteiger partial charge in [0.1, 0.15) is 11.8 Å². The predicted octanol–water partition coefficient (Wildman–Crippen LogP) is 2.66. The molecule has 1 atom stereocenters. The number of hydrogen-bond acceptors (Lipinski definition) is 3. The molecule has 0 aromatic heterocycles. The molecule has 0 amide bonds. The molecule has 1 aromatic rings. The van der Waals surface area contributed by atoms with Gasteiger partial charge in [0.05, 0.1) is 7.11 Å². The number of carboxylic acids is 1. The first kappa shape index (κ1) is 15.0. The van der Waals surface area contributed by atoms with Crippen molar-refractivity contribution in [3.05, 3.63) is 28.2 Å². The van der Waals surface area contributed by atoms with Crippen LogP contribution in [0.2, 0.25) is 0 Å². The standard InChI is InChI=1S/C13H18BrNO3/c1-8(2)12(13(16)17)15-7-9-4-5-10(14)6-11(9)18-3/h4-6,8,12,15H,7H2,1-3H3,(H,16,17). The fourth-order valence-electron chi connectivity index (χ4n) is 1.69. The fraction of sp³-hybridized carbons (Fsp3) is 0.462. The Hall–Kier alpha value is -1.07. The van der Waals surface area contributed by atoms with E-state index in [-0.39, 0.29) is 5.92 Å². The van der Waals surface area contributed by atoms with Crippen LogP contribution in [0.5, 0.6) is 5.75 Å². The Labute approximate surface area is 115 Å². The van der Waals surface area contributed by atoms with E-state index in [0.717, 1.165) is 15.8 Å². The molecule has 0 spiro atoms. The van der Waals surface area contributed by atoms with Crippen LogP contribution in [0.4, 0.5) is 0 Å². The van der Waals surface area contributed by atoms with Gasteiger partial charge in [-0.15, -0.1) is 0 Å². The average molecular weight is 316 g/mol. The van der Waals surface area contributed by atoms with E-state index in [2.05, 4.69) is 21.2 Å². The number of methoxy groups -OCH3 is 1. The molecular weight excluding hydrogens is 298 g/mol. The number of carbonyl (C=O) groups is 1. The van der Waals surface area contributed by atoms with Crippen LogP contribution in [-0.4, -0.2) is 24.2 Å². The molecule has 0 radical (unpaired) electrons. The van der Waals surface area contributed by atoms with Gasteiger partial charge < -0.3 is 9.84 Å². The minimum atomic E-state index is -0.832. The molecule has 4 nitrogen and oxygen atoms in total. The van der Waals surface area contributed by atoms with Crippen molar-refractivity contribution in [2.45, 2.75) is 26.4 Å². The van der Waals surface area contributed by atoms with Crippen LogP contribution >= 0.6 is 15.9 Å². The maximum Gasteiger partial charge on any atom is 0.320 e. The summed E-state index contributed by atoms with van der Waals surface area (Å²) >= 11 is 3.37. The van der Waals surface area contributed by atoms with Crippen molar-refractivity contribution in [1.82, 2.24) is 5.32 Å². The van der Waals surface area contributed by atoms with Crippen LogP contribution in [0.15, 0.2) is 22.7 Å². The van der Waals surface area contributed by atoms with E-state index < -0.39 is 12.0 Å². The predicted molar refractivity (Wildman–Crippen MR) is 73.8 cm³/mol. The molecule has 100 valence electrons. The maximum atomic E-state index is 11.1. The van der Waals surface area contributed by atoms with E-state index in [4.69, 9.17) is 9.84 Å². The van der Waals surface area contributed by atoms with Gasteiger partial charge in [-0.3, -0.25) is 10.1 Å². The van der Waals surface area contributed by atoms with Crippen LogP contribution in [0.25, 0.3) is 0 Å². The second kappa shape index (κ2) is 6.75. The van der Waals surface area contributed by atoms with Crippen LogP contribution < -0.4 is 10.1 Å². The van der Waals surface area contributed by atoms with Crippen LogP contribution in [0, 0.1) is 5.92 Å². The summed E-state index contributed by atoms with van der Waals surface area (Å²) in [6.45, 7) is 4.22. The van der Waals surface area contributed by atoms with Crippen molar-refractivity contribution in [2.75, 3.05) is 7.11 Å². The lowest BCUT2D eigenvalue weighted by atomic mass is 10.0. The molecule has 2 N–H and O–H groups in total. The number of benzene rings is 1. The largest absolute Gasteiger partial charge is 0.496 e. The second-order valence-electron chi connectivity index (χ2n) is 4.40. The van der Waals surface area contributed by atoms with Gasteiger partial charge in [0.15, 0.2) is 0 Å². The third-order valence-corrected chi connectivity index (χ3v) is 3.19. The minimum Gasteiger partial charge on any atom is -0.496 e. The van der Waals surface area contributed by atoms with Crippen LogP contribution in [0.1, 0.15) is 19.4 Å². The molecule has 0 saturated heterocycles. The summed E-state index contributed by atoms with van der Waals surface area (Å²) in [7, 11) is 1.60. The Balaban J connectivity index is 2.76. The Morgan fingerprint density at radius 2 is 2.17 bits per heavy atom. The molecule has 0 saturated carbocycles. The van der Waals surface area contributed by atoms with Gasteiger partial charge in [-0.1, -0.05) is 35.8 Å². The SMILES string of the molecule is COc1cc(Br)ccc1CNC(C(=O)O)C(C)C. The molecule has 0 aliphatic carbocycles. The Morgan fingerprint density at radius 1 is 1.50 bits per heavy atom. The first-order valence-electron chi connectivity index (χ1n) is 5.74. The van der Waals surface area contributed by atoms with Crippen molar-refractivity contribution >= 4 is 21.9 Å². The lowest BCUT2D eigenvalue weighted by Crippen LogP contribution is -2.40. The summed E-state index contributed by atoms with van der Waals surface area (Å²) in [5.41, 5.74) is 0.938. The Bertz CT molecular complexity index is 421. The van der Waals surface area contributed by atoms with Crippen LogP contribution in [0.3, 0.4) is 0 Å². The monoisotopic (exact) mass is 315 g/mol. The first-order chi connectivity index (χ1) is 8.45. The normalized spacial score (nSPS) is 12.5. The number of halogens is 1. The number of aliphatic carboxylic acids is 1. The molecule has 0 fully saturated rings. The van der Waals surface area contributed by atoms with Crippen molar-refractivity contribution in [1.29, 1.82) is 0 Å². The first-order valence-corrected chi connectivity index (χ1v) is 6.53.